The molecule has 0 aliphatic carbocycles. The fourth-order valence-corrected chi connectivity index (χ4v) is 3.92. The van der Waals surface area contributed by atoms with E-state index in [1.165, 1.54) is 6.08 Å². The molecule has 1 aliphatic heterocycles. The molecule has 1 aliphatic rings. The third-order valence-electron chi connectivity index (χ3n) is 4.06. The Bertz CT molecular complexity index is 826. The van der Waals surface area contributed by atoms with Crippen molar-refractivity contribution >= 4 is 29.3 Å². The SMILES string of the molecule is C=CC(=O)NCc1ccc(C(=O)N2CCSc3c2c(C)nn3C)cc1. The number of benzene rings is 1. The average molecular weight is 356 g/mol. The third kappa shape index (κ3) is 3.46. The maximum atomic E-state index is 12.9. The minimum Gasteiger partial charge on any atom is -0.348 e. The van der Waals surface area contributed by atoms with Gasteiger partial charge in [-0.1, -0.05) is 18.7 Å². The largest absolute Gasteiger partial charge is 0.348 e. The van der Waals surface area contributed by atoms with E-state index in [4.69, 9.17) is 0 Å². The summed E-state index contributed by atoms with van der Waals surface area (Å²) in [5, 5.41) is 8.18. The minimum absolute atomic E-state index is 0.0284. The molecule has 0 saturated carbocycles. The van der Waals surface area contributed by atoms with Gasteiger partial charge in [0.25, 0.3) is 5.91 Å². The van der Waals surface area contributed by atoms with Crippen LogP contribution in [0, 0.1) is 6.92 Å². The second-order valence-corrected chi connectivity index (χ2v) is 6.87. The Hall–Kier alpha value is -2.54. The van der Waals surface area contributed by atoms with E-state index in [0.717, 1.165) is 27.7 Å². The maximum Gasteiger partial charge on any atom is 0.258 e. The normalized spacial score (nSPS) is 13.3. The van der Waals surface area contributed by atoms with E-state index in [1.807, 2.05) is 35.7 Å². The summed E-state index contributed by atoms with van der Waals surface area (Å²) < 4.78 is 1.83. The van der Waals surface area contributed by atoms with Gasteiger partial charge < -0.3 is 10.2 Å². The van der Waals surface area contributed by atoms with Gasteiger partial charge in [0.15, 0.2) is 0 Å². The second kappa shape index (κ2) is 7.14. The number of rotatable bonds is 4. The van der Waals surface area contributed by atoms with Gasteiger partial charge in [-0.3, -0.25) is 14.3 Å². The lowest BCUT2D eigenvalue weighted by Gasteiger charge is -2.27. The zero-order valence-corrected chi connectivity index (χ0v) is 15.1. The van der Waals surface area contributed by atoms with Crippen LogP contribution in [0.2, 0.25) is 0 Å². The van der Waals surface area contributed by atoms with Crippen molar-refractivity contribution in [1.29, 1.82) is 0 Å². The van der Waals surface area contributed by atoms with Gasteiger partial charge in [-0.25, -0.2) is 0 Å². The first-order valence-electron chi connectivity index (χ1n) is 7.98. The predicted octanol–water partition coefficient (Wildman–Crippen LogP) is 2.28. The molecule has 2 heterocycles. The highest BCUT2D eigenvalue weighted by Gasteiger charge is 2.29. The van der Waals surface area contributed by atoms with Gasteiger partial charge in [-0.2, -0.15) is 5.10 Å². The fourth-order valence-electron chi connectivity index (χ4n) is 2.83. The number of nitrogens with zero attached hydrogens (tertiary/aromatic N) is 3. The number of hydrogen-bond donors (Lipinski definition) is 1. The van der Waals surface area contributed by atoms with Gasteiger partial charge in [0, 0.05) is 31.5 Å². The Morgan fingerprint density at radius 2 is 2.08 bits per heavy atom. The monoisotopic (exact) mass is 356 g/mol. The Kier molecular flexibility index (Phi) is 4.94. The summed E-state index contributed by atoms with van der Waals surface area (Å²) >= 11 is 1.72. The Balaban J connectivity index is 1.78. The topological polar surface area (TPSA) is 67.2 Å². The Morgan fingerprint density at radius 3 is 2.76 bits per heavy atom. The first kappa shape index (κ1) is 17.3. The van der Waals surface area contributed by atoms with Crippen molar-refractivity contribution in [3.05, 3.63) is 53.7 Å². The highest BCUT2D eigenvalue weighted by Crippen LogP contribution is 2.37. The molecule has 7 heteroatoms. The molecule has 1 N–H and O–H groups in total. The number of anilines is 1. The van der Waals surface area contributed by atoms with Crippen molar-refractivity contribution in [2.45, 2.75) is 18.5 Å². The summed E-state index contributed by atoms with van der Waals surface area (Å²) in [6, 6.07) is 7.30. The number of nitrogens with one attached hydrogen (secondary N) is 1. The number of carbonyl (C=O) groups excluding carboxylic acids is 2. The van der Waals surface area contributed by atoms with Crippen LogP contribution in [0.25, 0.3) is 0 Å². The number of hydrogen-bond acceptors (Lipinski definition) is 4. The van der Waals surface area contributed by atoms with E-state index in [-0.39, 0.29) is 11.8 Å². The van der Waals surface area contributed by atoms with Crippen LogP contribution < -0.4 is 10.2 Å². The lowest BCUT2D eigenvalue weighted by molar-refractivity contribution is -0.116. The molecule has 2 aromatic rings. The van der Waals surface area contributed by atoms with Crippen LogP contribution in [-0.2, 0) is 18.4 Å². The minimum atomic E-state index is -0.217. The third-order valence-corrected chi connectivity index (χ3v) is 5.18. The molecule has 0 spiro atoms. The van der Waals surface area contributed by atoms with Crippen molar-refractivity contribution in [2.75, 3.05) is 17.2 Å². The second-order valence-electron chi connectivity index (χ2n) is 5.79. The summed E-state index contributed by atoms with van der Waals surface area (Å²) in [5.41, 5.74) is 3.33. The predicted molar refractivity (Wildman–Crippen MR) is 98.8 cm³/mol. The molecule has 0 unspecified atom stereocenters. The van der Waals surface area contributed by atoms with Crippen molar-refractivity contribution < 1.29 is 9.59 Å². The number of amides is 2. The molecule has 3 rings (SSSR count). The molecule has 0 saturated heterocycles. The van der Waals surface area contributed by atoms with Crippen molar-refractivity contribution in [3.63, 3.8) is 0 Å². The number of fused-ring (bicyclic) bond motifs is 1. The number of aryl methyl sites for hydroxylation is 2. The van der Waals surface area contributed by atoms with Crippen molar-refractivity contribution in [1.82, 2.24) is 15.1 Å². The van der Waals surface area contributed by atoms with E-state index in [1.54, 1.807) is 23.9 Å². The van der Waals surface area contributed by atoms with Gasteiger partial charge >= 0.3 is 0 Å². The van der Waals surface area contributed by atoms with Crippen LogP contribution in [0.3, 0.4) is 0 Å². The van der Waals surface area contributed by atoms with E-state index < -0.39 is 0 Å². The Morgan fingerprint density at radius 1 is 1.36 bits per heavy atom. The summed E-state index contributed by atoms with van der Waals surface area (Å²) in [6.45, 7) is 6.42. The number of aromatic nitrogens is 2. The lowest BCUT2D eigenvalue weighted by Crippen LogP contribution is -2.35. The van der Waals surface area contributed by atoms with Gasteiger partial charge in [0.2, 0.25) is 5.91 Å². The molecule has 6 nitrogen and oxygen atoms in total. The molecule has 0 bridgehead atoms. The van der Waals surface area contributed by atoms with Gasteiger partial charge in [-0.05, 0) is 30.7 Å². The molecule has 0 radical (unpaired) electrons. The first-order chi connectivity index (χ1) is 12.0. The summed E-state index contributed by atoms with van der Waals surface area (Å²) in [4.78, 5) is 26.0. The average Bonchev–Trinajstić information content (AvgIpc) is 2.94. The van der Waals surface area contributed by atoms with Gasteiger partial charge in [0.05, 0.1) is 11.4 Å². The van der Waals surface area contributed by atoms with E-state index in [0.29, 0.717) is 18.7 Å². The summed E-state index contributed by atoms with van der Waals surface area (Å²) in [6.07, 6.45) is 1.24. The highest BCUT2D eigenvalue weighted by atomic mass is 32.2. The van der Waals surface area contributed by atoms with Crippen LogP contribution in [0.15, 0.2) is 41.9 Å². The molecule has 130 valence electrons. The van der Waals surface area contributed by atoms with E-state index in [2.05, 4.69) is 17.0 Å². The zero-order valence-electron chi connectivity index (χ0n) is 14.3. The van der Waals surface area contributed by atoms with Crippen LogP contribution in [0.1, 0.15) is 21.6 Å². The lowest BCUT2D eigenvalue weighted by atomic mass is 10.1. The van der Waals surface area contributed by atoms with Crippen LogP contribution >= 0.6 is 11.8 Å². The van der Waals surface area contributed by atoms with E-state index in [9.17, 15) is 9.59 Å². The standard InChI is InChI=1S/C18H20N4O2S/c1-4-15(23)19-11-13-5-7-14(8-6-13)17(24)22-9-10-25-18-16(22)12(2)20-21(18)3/h4-8H,1,9-11H2,2-3H3,(H,19,23). The molecule has 0 atom stereocenters. The number of carbonyl (C=O) groups is 2. The molecule has 0 fully saturated rings. The zero-order chi connectivity index (χ0) is 18.0. The molecular formula is C18H20N4O2S. The highest BCUT2D eigenvalue weighted by molar-refractivity contribution is 7.99. The quantitative estimate of drug-likeness (QED) is 0.854. The molecular weight excluding hydrogens is 336 g/mol. The number of thioether (sulfide) groups is 1. The van der Waals surface area contributed by atoms with E-state index >= 15 is 0 Å². The summed E-state index contributed by atoms with van der Waals surface area (Å²) in [5.74, 6) is 0.605. The maximum absolute atomic E-state index is 12.9. The molecule has 25 heavy (non-hydrogen) atoms. The van der Waals surface area contributed by atoms with Gasteiger partial charge in [0.1, 0.15) is 5.03 Å². The molecule has 1 aromatic carbocycles. The fraction of sp³-hybridized carbons (Fsp3) is 0.278. The van der Waals surface area contributed by atoms with Gasteiger partial charge in [-0.15, -0.1) is 11.8 Å². The molecule has 2 amide bonds. The Labute approximate surface area is 150 Å². The van der Waals surface area contributed by atoms with Crippen molar-refractivity contribution in [2.24, 2.45) is 7.05 Å². The first-order valence-corrected chi connectivity index (χ1v) is 8.97. The van der Waals surface area contributed by atoms with Crippen LogP contribution in [0.5, 0.6) is 0 Å². The van der Waals surface area contributed by atoms with Crippen LogP contribution in [-0.4, -0.2) is 33.9 Å². The van der Waals surface area contributed by atoms with Crippen LogP contribution in [0.4, 0.5) is 5.69 Å². The smallest absolute Gasteiger partial charge is 0.258 e. The summed E-state index contributed by atoms with van der Waals surface area (Å²) in [7, 11) is 1.90. The molecule has 1 aromatic heterocycles. The van der Waals surface area contributed by atoms with Crippen molar-refractivity contribution in [3.8, 4) is 0 Å².